The van der Waals surface area contributed by atoms with Crippen molar-refractivity contribution in [3.63, 3.8) is 0 Å². The molecule has 4 nitrogen and oxygen atoms in total. The fraction of sp³-hybridized carbons (Fsp3) is 1.00. The first-order valence-corrected chi connectivity index (χ1v) is 4.92. The van der Waals surface area contributed by atoms with Crippen LogP contribution in [0, 0.1) is 0 Å². The molecule has 0 spiro atoms. The zero-order valence-electron chi connectivity index (χ0n) is 8.24. The van der Waals surface area contributed by atoms with Gasteiger partial charge in [0.2, 0.25) is 0 Å². The highest BCUT2D eigenvalue weighted by Crippen LogP contribution is 2.08. The third kappa shape index (κ3) is 3.60. The molecule has 0 aliphatic carbocycles. The second-order valence-electron chi connectivity index (χ2n) is 3.81. The maximum atomic E-state index is 8.88. The molecular weight excluding hydrogens is 168 g/mol. The smallest absolute Gasteiger partial charge is 0.0607 e. The summed E-state index contributed by atoms with van der Waals surface area (Å²) >= 11 is 0. The topological polar surface area (TPSA) is 55.7 Å². The third-order valence-corrected chi connectivity index (χ3v) is 2.63. The summed E-state index contributed by atoms with van der Waals surface area (Å²) < 4.78 is 0. The number of rotatable bonds is 4. The van der Waals surface area contributed by atoms with E-state index in [4.69, 9.17) is 10.2 Å². The predicted molar refractivity (Wildman–Crippen MR) is 51.6 cm³/mol. The summed E-state index contributed by atoms with van der Waals surface area (Å²) in [6.45, 7) is 2.23. The highest BCUT2D eigenvalue weighted by atomic mass is 16.3. The van der Waals surface area contributed by atoms with Crippen molar-refractivity contribution in [2.75, 3.05) is 33.4 Å². The van der Waals surface area contributed by atoms with Crippen LogP contribution in [0.5, 0.6) is 0 Å². The van der Waals surface area contributed by atoms with Gasteiger partial charge in [0, 0.05) is 6.04 Å². The fourth-order valence-corrected chi connectivity index (χ4v) is 1.67. The largest absolute Gasteiger partial charge is 0.395 e. The molecule has 3 N–H and O–H groups in total. The lowest BCUT2D eigenvalue weighted by molar-refractivity contribution is 0.144. The summed E-state index contributed by atoms with van der Waals surface area (Å²) in [4.78, 5) is 2.30. The lowest BCUT2D eigenvalue weighted by Crippen LogP contribution is -2.47. The molecule has 1 heterocycles. The van der Waals surface area contributed by atoms with Crippen LogP contribution in [0.3, 0.4) is 0 Å². The second kappa shape index (κ2) is 5.54. The summed E-state index contributed by atoms with van der Waals surface area (Å²) in [5.41, 5.74) is 0. The normalized spacial score (nSPS) is 21.2. The number of likely N-dealkylation sites (tertiary alicyclic amines) is 1. The lowest BCUT2D eigenvalue weighted by Gasteiger charge is -2.31. The van der Waals surface area contributed by atoms with Crippen LogP contribution >= 0.6 is 0 Å². The second-order valence-corrected chi connectivity index (χ2v) is 3.81. The van der Waals surface area contributed by atoms with E-state index in [9.17, 15) is 0 Å². The molecule has 78 valence electrons. The van der Waals surface area contributed by atoms with Crippen LogP contribution in [-0.4, -0.2) is 60.5 Å². The number of hydrogen-bond acceptors (Lipinski definition) is 4. The Kier molecular flexibility index (Phi) is 4.66. The lowest BCUT2D eigenvalue weighted by atomic mass is 10.0. The van der Waals surface area contributed by atoms with E-state index in [0.29, 0.717) is 6.04 Å². The molecule has 0 aromatic heterocycles. The first-order valence-electron chi connectivity index (χ1n) is 4.92. The molecular formula is C9H20N2O2. The number of hydrogen-bond donors (Lipinski definition) is 3. The summed E-state index contributed by atoms with van der Waals surface area (Å²) in [5.74, 6) is 0. The zero-order valence-corrected chi connectivity index (χ0v) is 8.24. The Morgan fingerprint density at radius 2 is 1.85 bits per heavy atom. The number of nitrogens with zero attached hydrogens (tertiary/aromatic N) is 1. The molecule has 13 heavy (non-hydrogen) atoms. The van der Waals surface area contributed by atoms with Crippen LogP contribution in [0.25, 0.3) is 0 Å². The van der Waals surface area contributed by atoms with E-state index in [1.807, 2.05) is 0 Å². The Labute approximate surface area is 79.6 Å². The molecule has 0 bridgehead atoms. The molecule has 1 aliphatic heterocycles. The maximum Gasteiger partial charge on any atom is 0.0607 e. The van der Waals surface area contributed by atoms with Crippen LogP contribution in [0.4, 0.5) is 0 Å². The maximum absolute atomic E-state index is 8.88. The van der Waals surface area contributed by atoms with Gasteiger partial charge in [-0.05, 0) is 33.0 Å². The Morgan fingerprint density at radius 1 is 1.31 bits per heavy atom. The van der Waals surface area contributed by atoms with Gasteiger partial charge in [-0.3, -0.25) is 0 Å². The van der Waals surface area contributed by atoms with E-state index >= 15 is 0 Å². The average Bonchev–Trinajstić information content (AvgIpc) is 2.17. The summed E-state index contributed by atoms with van der Waals surface area (Å²) in [5, 5.41) is 21.0. The van der Waals surface area contributed by atoms with E-state index in [0.717, 1.165) is 25.9 Å². The Balaban J connectivity index is 2.21. The minimum absolute atomic E-state index is 0.0167. The Hall–Kier alpha value is -0.160. The quantitative estimate of drug-likeness (QED) is 0.531. The van der Waals surface area contributed by atoms with Crippen LogP contribution in [-0.2, 0) is 0 Å². The van der Waals surface area contributed by atoms with E-state index in [-0.39, 0.29) is 19.3 Å². The SMILES string of the molecule is CN1CCC(NC(CO)CO)CC1. The Bertz CT molecular complexity index is 132. The van der Waals surface area contributed by atoms with Gasteiger partial charge in [0.15, 0.2) is 0 Å². The van der Waals surface area contributed by atoms with Crippen LogP contribution in [0.15, 0.2) is 0 Å². The minimum Gasteiger partial charge on any atom is -0.395 e. The van der Waals surface area contributed by atoms with Gasteiger partial charge in [0.1, 0.15) is 0 Å². The summed E-state index contributed by atoms with van der Waals surface area (Å²) in [6, 6.07) is 0.314. The van der Waals surface area contributed by atoms with Crippen molar-refractivity contribution in [3.8, 4) is 0 Å². The van der Waals surface area contributed by atoms with Crippen molar-refractivity contribution in [2.45, 2.75) is 24.9 Å². The number of aliphatic hydroxyl groups is 2. The van der Waals surface area contributed by atoms with Crippen LogP contribution < -0.4 is 5.32 Å². The molecule has 1 aliphatic rings. The van der Waals surface area contributed by atoms with Crippen molar-refractivity contribution in [3.05, 3.63) is 0 Å². The fourth-order valence-electron chi connectivity index (χ4n) is 1.67. The van der Waals surface area contributed by atoms with Crippen LogP contribution in [0.2, 0.25) is 0 Å². The van der Waals surface area contributed by atoms with Crippen LogP contribution in [0.1, 0.15) is 12.8 Å². The van der Waals surface area contributed by atoms with Gasteiger partial charge in [0.25, 0.3) is 0 Å². The first kappa shape index (κ1) is 10.9. The first-order chi connectivity index (χ1) is 6.26. The van der Waals surface area contributed by atoms with Crippen molar-refractivity contribution in [1.82, 2.24) is 10.2 Å². The summed E-state index contributed by atoms with van der Waals surface area (Å²) in [6.07, 6.45) is 2.21. The van der Waals surface area contributed by atoms with E-state index in [1.165, 1.54) is 0 Å². The third-order valence-electron chi connectivity index (χ3n) is 2.63. The molecule has 0 radical (unpaired) electrons. The zero-order chi connectivity index (χ0) is 9.68. The van der Waals surface area contributed by atoms with Gasteiger partial charge in [-0.2, -0.15) is 0 Å². The highest BCUT2D eigenvalue weighted by Gasteiger charge is 2.18. The molecule has 0 amide bonds. The van der Waals surface area contributed by atoms with Crippen molar-refractivity contribution >= 4 is 0 Å². The number of nitrogens with one attached hydrogen (secondary N) is 1. The van der Waals surface area contributed by atoms with Gasteiger partial charge >= 0.3 is 0 Å². The van der Waals surface area contributed by atoms with Crippen molar-refractivity contribution < 1.29 is 10.2 Å². The molecule has 0 aromatic rings. The molecule has 1 rings (SSSR count). The molecule has 0 saturated carbocycles. The van der Waals surface area contributed by atoms with E-state index in [2.05, 4.69) is 17.3 Å². The van der Waals surface area contributed by atoms with Crippen molar-refractivity contribution in [2.24, 2.45) is 0 Å². The standard InChI is InChI=1S/C9H20N2O2/c1-11-4-2-8(3-5-11)10-9(6-12)7-13/h8-10,12-13H,2-7H2,1H3. The van der Waals surface area contributed by atoms with Gasteiger partial charge < -0.3 is 20.4 Å². The monoisotopic (exact) mass is 188 g/mol. The number of aliphatic hydroxyl groups excluding tert-OH is 2. The molecule has 0 unspecified atom stereocenters. The Morgan fingerprint density at radius 3 is 2.31 bits per heavy atom. The van der Waals surface area contributed by atoms with E-state index < -0.39 is 0 Å². The predicted octanol–water partition coefficient (Wildman–Crippen LogP) is -0.977. The minimum atomic E-state index is -0.145. The number of piperidine rings is 1. The van der Waals surface area contributed by atoms with Crippen molar-refractivity contribution in [1.29, 1.82) is 0 Å². The average molecular weight is 188 g/mol. The molecule has 0 aromatic carbocycles. The molecule has 1 saturated heterocycles. The summed E-state index contributed by atoms with van der Waals surface area (Å²) in [7, 11) is 2.12. The molecule has 1 fully saturated rings. The van der Waals surface area contributed by atoms with E-state index in [1.54, 1.807) is 0 Å². The van der Waals surface area contributed by atoms with Gasteiger partial charge in [-0.15, -0.1) is 0 Å². The van der Waals surface area contributed by atoms with Gasteiger partial charge in [0.05, 0.1) is 19.3 Å². The van der Waals surface area contributed by atoms with Gasteiger partial charge in [-0.25, -0.2) is 0 Å². The van der Waals surface area contributed by atoms with Gasteiger partial charge in [-0.1, -0.05) is 0 Å². The molecule has 4 heteroatoms. The highest BCUT2D eigenvalue weighted by molar-refractivity contribution is 4.78. The molecule has 0 atom stereocenters.